The Labute approximate surface area is 186 Å². The second-order valence-corrected chi connectivity index (χ2v) is 9.19. The van der Waals surface area contributed by atoms with Crippen molar-refractivity contribution in [3.8, 4) is 11.3 Å². The van der Waals surface area contributed by atoms with E-state index < -0.39 is 0 Å². The van der Waals surface area contributed by atoms with Crippen LogP contribution in [0.4, 0.5) is 5.13 Å². The average Bonchev–Trinajstić information content (AvgIpc) is 3.08. The Balaban J connectivity index is 1.73. The number of carbonyl (C=O) groups excluding carboxylic acids is 1. The lowest BCUT2D eigenvalue weighted by atomic mass is 9.99. The van der Waals surface area contributed by atoms with Crippen molar-refractivity contribution >= 4 is 61.6 Å². The van der Waals surface area contributed by atoms with Crippen molar-refractivity contribution in [1.29, 1.82) is 0 Å². The fraction of sp³-hybridized carbons (Fsp3) is 0.200. The molecule has 2 aromatic carbocycles. The van der Waals surface area contributed by atoms with Crippen molar-refractivity contribution in [2.45, 2.75) is 6.42 Å². The maximum atomic E-state index is 12.2. The van der Waals surface area contributed by atoms with Gasteiger partial charge in [0.05, 0.1) is 32.6 Å². The highest BCUT2D eigenvalue weighted by molar-refractivity contribution is 9.11. The Morgan fingerprint density at radius 1 is 1.21 bits per heavy atom. The van der Waals surface area contributed by atoms with Crippen LogP contribution in [0, 0.1) is 5.92 Å². The molecule has 3 aromatic rings. The van der Waals surface area contributed by atoms with Crippen molar-refractivity contribution in [1.82, 2.24) is 4.98 Å². The number of hydrogen-bond donors (Lipinski definition) is 1. The first kappa shape index (κ1) is 21.1. The van der Waals surface area contributed by atoms with E-state index in [1.807, 2.05) is 36.4 Å². The van der Waals surface area contributed by atoms with Gasteiger partial charge in [-0.2, -0.15) is 0 Å². The number of aromatic nitrogens is 1. The highest BCUT2D eigenvalue weighted by Gasteiger charge is 2.21. The fourth-order valence-electron chi connectivity index (χ4n) is 2.71. The van der Waals surface area contributed by atoms with E-state index in [2.05, 4.69) is 26.2 Å². The molecule has 1 N–H and O–H groups in total. The molecule has 1 atom stereocenters. The van der Waals surface area contributed by atoms with E-state index in [-0.39, 0.29) is 11.9 Å². The zero-order valence-electron chi connectivity index (χ0n) is 14.9. The zero-order chi connectivity index (χ0) is 20.1. The Bertz CT molecular complexity index is 966. The molecule has 0 aliphatic carbocycles. The quantitative estimate of drug-likeness (QED) is 0.386. The third-order valence-corrected chi connectivity index (χ3v) is 6.54. The van der Waals surface area contributed by atoms with Gasteiger partial charge in [0.2, 0.25) is 0 Å². The zero-order valence-corrected chi connectivity index (χ0v) is 18.8. The van der Waals surface area contributed by atoms with Crippen molar-refractivity contribution in [3.63, 3.8) is 0 Å². The number of thiazole rings is 1. The summed E-state index contributed by atoms with van der Waals surface area (Å²) < 4.78 is 5.83. The van der Waals surface area contributed by atoms with Crippen LogP contribution in [-0.2, 0) is 16.0 Å². The molecule has 146 valence electrons. The van der Waals surface area contributed by atoms with Gasteiger partial charge < -0.3 is 10.1 Å². The average molecular weight is 500 g/mol. The summed E-state index contributed by atoms with van der Waals surface area (Å²) >= 11 is 17.1. The molecule has 0 aliphatic rings. The first-order chi connectivity index (χ1) is 13.5. The monoisotopic (exact) mass is 498 g/mol. The van der Waals surface area contributed by atoms with E-state index in [1.54, 1.807) is 12.1 Å². The molecule has 3 rings (SSSR count). The molecule has 0 amide bonds. The van der Waals surface area contributed by atoms with E-state index >= 15 is 0 Å². The molecule has 0 fully saturated rings. The van der Waals surface area contributed by atoms with Gasteiger partial charge in [0, 0.05) is 12.1 Å². The van der Waals surface area contributed by atoms with Crippen LogP contribution in [0.2, 0.25) is 10.0 Å². The van der Waals surface area contributed by atoms with Crippen LogP contribution in [0.5, 0.6) is 0 Å². The van der Waals surface area contributed by atoms with Gasteiger partial charge in [0.1, 0.15) is 0 Å². The van der Waals surface area contributed by atoms with E-state index in [0.29, 0.717) is 28.1 Å². The Morgan fingerprint density at radius 3 is 2.64 bits per heavy atom. The Kier molecular flexibility index (Phi) is 7.35. The Hall–Kier alpha value is -1.60. The Morgan fingerprint density at radius 2 is 1.96 bits per heavy atom. The smallest absolute Gasteiger partial charge is 0.310 e. The van der Waals surface area contributed by atoms with Gasteiger partial charge in [-0.3, -0.25) is 4.79 Å². The molecule has 1 aromatic heterocycles. The van der Waals surface area contributed by atoms with Crippen molar-refractivity contribution in [2.75, 3.05) is 19.0 Å². The predicted octanol–water partition coefficient (Wildman–Crippen LogP) is 6.32. The van der Waals surface area contributed by atoms with Crippen molar-refractivity contribution in [3.05, 3.63) is 67.9 Å². The normalized spacial score (nSPS) is 11.9. The summed E-state index contributed by atoms with van der Waals surface area (Å²) in [5, 5.41) is 4.93. The number of carbonyl (C=O) groups is 1. The number of anilines is 1. The van der Waals surface area contributed by atoms with Gasteiger partial charge in [-0.15, -0.1) is 0 Å². The fourth-order valence-corrected chi connectivity index (χ4v) is 4.51. The van der Waals surface area contributed by atoms with Crippen molar-refractivity contribution in [2.24, 2.45) is 5.92 Å². The van der Waals surface area contributed by atoms with Crippen LogP contribution >= 0.6 is 50.5 Å². The molecule has 0 aliphatic heterocycles. The molecule has 0 radical (unpaired) electrons. The maximum absolute atomic E-state index is 12.2. The number of nitrogens with zero attached hydrogens (tertiary/aromatic N) is 1. The molecule has 1 heterocycles. The highest BCUT2D eigenvalue weighted by atomic mass is 79.9. The lowest BCUT2D eigenvalue weighted by Crippen LogP contribution is -2.26. The van der Waals surface area contributed by atoms with Gasteiger partial charge in [-0.1, -0.05) is 70.9 Å². The molecular formula is C20H17BrCl2N2O2S. The minimum absolute atomic E-state index is 0.253. The second kappa shape index (κ2) is 9.74. The number of benzene rings is 2. The van der Waals surface area contributed by atoms with Crippen LogP contribution < -0.4 is 5.32 Å². The van der Waals surface area contributed by atoms with Crippen LogP contribution in [0.15, 0.2) is 52.3 Å². The van der Waals surface area contributed by atoms with Gasteiger partial charge in [0.15, 0.2) is 5.13 Å². The number of nitrogens with one attached hydrogen (secondary N) is 1. The molecule has 0 bridgehead atoms. The molecule has 0 spiro atoms. The van der Waals surface area contributed by atoms with Crippen LogP contribution in [0.1, 0.15) is 5.56 Å². The van der Waals surface area contributed by atoms with Gasteiger partial charge >= 0.3 is 5.97 Å². The summed E-state index contributed by atoms with van der Waals surface area (Å²) in [6.45, 7) is 0.419. The topological polar surface area (TPSA) is 51.2 Å². The first-order valence-electron chi connectivity index (χ1n) is 8.45. The van der Waals surface area contributed by atoms with E-state index in [9.17, 15) is 4.79 Å². The lowest BCUT2D eigenvalue weighted by Gasteiger charge is -2.15. The first-order valence-corrected chi connectivity index (χ1v) is 10.8. The molecule has 8 heteroatoms. The number of ether oxygens (including phenoxy) is 1. The summed E-state index contributed by atoms with van der Waals surface area (Å²) in [6, 6.07) is 15.2. The van der Waals surface area contributed by atoms with Crippen LogP contribution in [-0.4, -0.2) is 24.6 Å². The minimum Gasteiger partial charge on any atom is -0.469 e. The van der Waals surface area contributed by atoms with Gasteiger partial charge in [0.25, 0.3) is 0 Å². The summed E-state index contributed by atoms with van der Waals surface area (Å²) in [5.74, 6) is -0.569. The number of rotatable bonds is 7. The summed E-state index contributed by atoms with van der Waals surface area (Å²) in [6.07, 6.45) is 0.590. The number of halogens is 3. The van der Waals surface area contributed by atoms with Crippen LogP contribution in [0.3, 0.4) is 0 Å². The minimum atomic E-state index is -0.316. The van der Waals surface area contributed by atoms with Crippen molar-refractivity contribution < 1.29 is 9.53 Å². The number of methoxy groups -OCH3 is 1. The summed E-state index contributed by atoms with van der Waals surface area (Å²) in [5.41, 5.74) is 2.71. The number of esters is 1. The molecule has 0 saturated carbocycles. The van der Waals surface area contributed by atoms with E-state index in [1.165, 1.54) is 18.4 Å². The summed E-state index contributed by atoms with van der Waals surface area (Å²) in [7, 11) is 1.41. The second-order valence-electron chi connectivity index (χ2n) is 6.06. The standard InChI is InChI=1S/C20H17BrCl2N2O2S/c1-27-19(26)14(9-12-5-3-2-4-6-12)11-24-20-25-17(18(21)28-20)13-7-8-15(22)16(23)10-13/h2-8,10,14H,9,11H2,1H3,(H,24,25). The van der Waals surface area contributed by atoms with Gasteiger partial charge in [-0.05, 0) is 40.0 Å². The summed E-state index contributed by atoms with van der Waals surface area (Å²) in [4.78, 5) is 16.8. The molecular weight excluding hydrogens is 483 g/mol. The molecule has 4 nitrogen and oxygen atoms in total. The van der Waals surface area contributed by atoms with E-state index in [4.69, 9.17) is 27.9 Å². The van der Waals surface area contributed by atoms with Gasteiger partial charge in [-0.25, -0.2) is 4.98 Å². The van der Waals surface area contributed by atoms with E-state index in [0.717, 1.165) is 20.6 Å². The number of hydrogen-bond acceptors (Lipinski definition) is 5. The third kappa shape index (κ3) is 5.26. The maximum Gasteiger partial charge on any atom is 0.310 e. The molecule has 28 heavy (non-hydrogen) atoms. The SMILES string of the molecule is COC(=O)C(CNc1nc(-c2ccc(Cl)c(Cl)c2)c(Br)s1)Cc1ccccc1. The molecule has 0 saturated heterocycles. The third-order valence-electron chi connectivity index (χ3n) is 4.14. The highest BCUT2D eigenvalue weighted by Crippen LogP contribution is 2.37. The largest absolute Gasteiger partial charge is 0.469 e. The van der Waals surface area contributed by atoms with Crippen LogP contribution in [0.25, 0.3) is 11.3 Å². The lowest BCUT2D eigenvalue weighted by molar-refractivity contribution is -0.144. The molecule has 1 unspecified atom stereocenters. The predicted molar refractivity (Wildman–Crippen MR) is 119 cm³/mol.